The second-order valence-corrected chi connectivity index (χ2v) is 4.94. The average molecular weight is 266 g/mol. The lowest BCUT2D eigenvalue weighted by atomic mass is 10.2. The van der Waals surface area contributed by atoms with E-state index >= 15 is 0 Å². The van der Waals surface area contributed by atoms with Gasteiger partial charge in [-0.1, -0.05) is 12.1 Å². The molecule has 0 aliphatic rings. The normalized spacial score (nSPS) is 10.9. The molecule has 0 unspecified atom stereocenters. The fraction of sp³-hybridized carbons (Fsp3) is 0.250. The van der Waals surface area contributed by atoms with Crippen LogP contribution in [0.1, 0.15) is 12.5 Å². The van der Waals surface area contributed by atoms with Gasteiger partial charge in [-0.15, -0.1) is 0 Å². The predicted octanol–water partition coefficient (Wildman–Crippen LogP) is 3.43. The number of rotatable bonds is 3. The highest BCUT2D eigenvalue weighted by Crippen LogP contribution is 2.29. The van der Waals surface area contributed by atoms with E-state index in [4.69, 9.17) is 0 Å². The van der Waals surface area contributed by atoms with Crippen LogP contribution in [0.2, 0.25) is 0 Å². The van der Waals surface area contributed by atoms with Crippen LogP contribution < -0.4 is 4.90 Å². The Morgan fingerprint density at radius 2 is 2.05 bits per heavy atom. The van der Waals surface area contributed by atoms with Gasteiger partial charge in [0.1, 0.15) is 17.8 Å². The molecule has 0 aliphatic heterocycles. The fourth-order valence-electron chi connectivity index (χ4n) is 2.53. The third-order valence-corrected chi connectivity index (χ3v) is 3.53. The maximum Gasteiger partial charge on any atom is 0.145 e. The molecule has 0 N–H and O–H groups in total. The molecule has 3 aromatic rings. The van der Waals surface area contributed by atoms with Crippen molar-refractivity contribution in [1.29, 1.82) is 0 Å². The first kappa shape index (κ1) is 12.7. The maximum atomic E-state index is 4.50. The number of hydrogen-bond donors (Lipinski definition) is 0. The molecule has 3 rings (SSSR count). The van der Waals surface area contributed by atoms with E-state index in [2.05, 4.69) is 59.0 Å². The number of nitrogens with zero attached hydrogens (tertiary/aromatic N) is 4. The van der Waals surface area contributed by atoms with Crippen LogP contribution >= 0.6 is 0 Å². The molecule has 2 heterocycles. The van der Waals surface area contributed by atoms with E-state index in [9.17, 15) is 0 Å². The third-order valence-electron chi connectivity index (χ3n) is 3.53. The van der Waals surface area contributed by atoms with Gasteiger partial charge in [-0.25, -0.2) is 9.97 Å². The van der Waals surface area contributed by atoms with E-state index < -0.39 is 0 Å². The number of benzene rings is 1. The van der Waals surface area contributed by atoms with E-state index in [1.54, 1.807) is 6.33 Å². The Kier molecular flexibility index (Phi) is 3.14. The first-order valence-electron chi connectivity index (χ1n) is 6.81. The van der Waals surface area contributed by atoms with Crippen molar-refractivity contribution in [2.75, 3.05) is 11.4 Å². The summed E-state index contributed by atoms with van der Waals surface area (Å²) in [4.78, 5) is 11.1. The van der Waals surface area contributed by atoms with Crippen LogP contribution in [0, 0.1) is 6.92 Å². The Morgan fingerprint density at radius 1 is 1.20 bits per heavy atom. The maximum absolute atomic E-state index is 4.50. The topological polar surface area (TPSA) is 34.0 Å². The van der Waals surface area contributed by atoms with Gasteiger partial charge in [0.15, 0.2) is 0 Å². The summed E-state index contributed by atoms with van der Waals surface area (Å²) in [5.74, 6) is 0.962. The summed E-state index contributed by atoms with van der Waals surface area (Å²) >= 11 is 0. The van der Waals surface area contributed by atoms with Crippen LogP contribution in [0.3, 0.4) is 0 Å². The first-order valence-corrected chi connectivity index (χ1v) is 6.81. The molecule has 1 aromatic carbocycles. The Balaban J connectivity index is 2.17. The van der Waals surface area contributed by atoms with Gasteiger partial charge in [0.05, 0.1) is 5.39 Å². The van der Waals surface area contributed by atoms with E-state index in [1.165, 1.54) is 5.56 Å². The van der Waals surface area contributed by atoms with Crippen LogP contribution in [0.25, 0.3) is 11.0 Å². The molecular weight excluding hydrogens is 248 g/mol. The number of aromatic nitrogens is 3. The molecule has 0 bridgehead atoms. The summed E-state index contributed by atoms with van der Waals surface area (Å²) in [6, 6.07) is 10.6. The number of anilines is 2. The lowest BCUT2D eigenvalue weighted by Crippen LogP contribution is -2.17. The van der Waals surface area contributed by atoms with Crippen molar-refractivity contribution < 1.29 is 0 Å². The smallest absolute Gasteiger partial charge is 0.145 e. The monoisotopic (exact) mass is 266 g/mol. The average Bonchev–Trinajstić information content (AvgIpc) is 2.83. The van der Waals surface area contributed by atoms with Crippen molar-refractivity contribution in [1.82, 2.24) is 14.5 Å². The minimum atomic E-state index is 0.866. The summed E-state index contributed by atoms with van der Waals surface area (Å²) in [7, 11) is 2.00. The number of aryl methyl sites for hydroxylation is 2. The highest BCUT2D eigenvalue weighted by molar-refractivity contribution is 5.90. The van der Waals surface area contributed by atoms with Crippen LogP contribution in [-0.2, 0) is 7.05 Å². The Bertz CT molecular complexity index is 745. The van der Waals surface area contributed by atoms with Gasteiger partial charge in [-0.2, -0.15) is 0 Å². The standard InChI is InChI=1S/C16H18N4/c1-4-20(13-7-5-6-12(2)10-13)16-14-8-9-19(3)15(14)17-11-18-16/h5-11H,4H2,1-3H3. The van der Waals surface area contributed by atoms with Crippen molar-refractivity contribution in [3.05, 3.63) is 48.4 Å². The summed E-state index contributed by atoms with van der Waals surface area (Å²) in [5, 5.41) is 1.08. The van der Waals surface area contributed by atoms with Gasteiger partial charge in [0, 0.05) is 25.5 Å². The summed E-state index contributed by atoms with van der Waals surface area (Å²) in [6.07, 6.45) is 3.66. The Labute approximate surface area is 118 Å². The molecule has 0 fully saturated rings. The summed E-state index contributed by atoms with van der Waals surface area (Å²) in [5.41, 5.74) is 3.37. The second-order valence-electron chi connectivity index (χ2n) is 4.94. The quantitative estimate of drug-likeness (QED) is 0.728. The zero-order valence-electron chi connectivity index (χ0n) is 12.0. The molecule has 2 aromatic heterocycles. The van der Waals surface area contributed by atoms with Crippen LogP contribution in [0.15, 0.2) is 42.9 Å². The molecule has 4 heteroatoms. The highest BCUT2D eigenvalue weighted by Gasteiger charge is 2.14. The van der Waals surface area contributed by atoms with Crippen LogP contribution in [0.4, 0.5) is 11.5 Å². The van der Waals surface area contributed by atoms with E-state index in [1.807, 2.05) is 17.8 Å². The van der Waals surface area contributed by atoms with Gasteiger partial charge in [-0.3, -0.25) is 0 Å². The van der Waals surface area contributed by atoms with Gasteiger partial charge in [0.25, 0.3) is 0 Å². The zero-order chi connectivity index (χ0) is 14.1. The molecular formula is C16H18N4. The molecule has 20 heavy (non-hydrogen) atoms. The molecule has 0 saturated carbocycles. The molecule has 4 nitrogen and oxygen atoms in total. The zero-order valence-corrected chi connectivity index (χ0v) is 12.0. The molecule has 0 radical (unpaired) electrons. The van der Waals surface area contributed by atoms with E-state index in [-0.39, 0.29) is 0 Å². The lowest BCUT2D eigenvalue weighted by molar-refractivity contribution is 0.936. The second kappa shape index (κ2) is 4.96. The van der Waals surface area contributed by atoms with Crippen molar-refractivity contribution >= 4 is 22.5 Å². The van der Waals surface area contributed by atoms with Crippen LogP contribution in [0.5, 0.6) is 0 Å². The third kappa shape index (κ3) is 2.03. The van der Waals surface area contributed by atoms with Crippen molar-refractivity contribution in [3.8, 4) is 0 Å². The fourth-order valence-corrected chi connectivity index (χ4v) is 2.53. The highest BCUT2D eigenvalue weighted by atomic mass is 15.2. The van der Waals surface area contributed by atoms with Crippen molar-refractivity contribution in [2.24, 2.45) is 7.05 Å². The molecule has 0 spiro atoms. The number of fused-ring (bicyclic) bond motifs is 1. The van der Waals surface area contributed by atoms with Gasteiger partial charge >= 0.3 is 0 Å². The van der Waals surface area contributed by atoms with Gasteiger partial charge in [0.2, 0.25) is 0 Å². The molecule has 0 atom stereocenters. The minimum absolute atomic E-state index is 0.866. The largest absolute Gasteiger partial charge is 0.335 e. The number of hydrogen-bond acceptors (Lipinski definition) is 3. The Hall–Kier alpha value is -2.36. The first-order chi connectivity index (χ1) is 9.70. The van der Waals surface area contributed by atoms with Gasteiger partial charge in [-0.05, 0) is 37.6 Å². The van der Waals surface area contributed by atoms with Crippen molar-refractivity contribution in [2.45, 2.75) is 13.8 Å². The molecule has 0 aliphatic carbocycles. The molecule has 0 saturated heterocycles. The summed E-state index contributed by atoms with van der Waals surface area (Å²) in [6.45, 7) is 5.11. The molecule has 102 valence electrons. The van der Waals surface area contributed by atoms with E-state index in [0.717, 1.165) is 29.1 Å². The Morgan fingerprint density at radius 3 is 2.80 bits per heavy atom. The minimum Gasteiger partial charge on any atom is -0.335 e. The van der Waals surface area contributed by atoms with Crippen LogP contribution in [-0.4, -0.2) is 21.1 Å². The van der Waals surface area contributed by atoms with Gasteiger partial charge < -0.3 is 9.47 Å². The molecule has 0 amide bonds. The van der Waals surface area contributed by atoms with Crippen molar-refractivity contribution in [3.63, 3.8) is 0 Å². The SMILES string of the molecule is CCN(c1cccc(C)c1)c1ncnc2c1ccn2C. The van der Waals surface area contributed by atoms with E-state index in [0.29, 0.717) is 0 Å². The lowest BCUT2D eigenvalue weighted by Gasteiger charge is -2.23. The predicted molar refractivity (Wildman–Crippen MR) is 82.4 cm³/mol. The summed E-state index contributed by atoms with van der Waals surface area (Å²) < 4.78 is 2.02.